The van der Waals surface area contributed by atoms with Crippen molar-refractivity contribution in [2.75, 3.05) is 12.4 Å². The van der Waals surface area contributed by atoms with E-state index in [1.807, 2.05) is 42.5 Å². The molecular formula is C16H17Cl2NOS. The Bertz CT molecular complexity index is 592. The lowest BCUT2D eigenvalue weighted by Gasteiger charge is -2.10. The van der Waals surface area contributed by atoms with Gasteiger partial charge in [-0.05, 0) is 30.7 Å². The van der Waals surface area contributed by atoms with E-state index in [2.05, 4.69) is 0 Å². The molecule has 0 saturated heterocycles. The van der Waals surface area contributed by atoms with Crippen molar-refractivity contribution >= 4 is 35.0 Å². The van der Waals surface area contributed by atoms with Crippen molar-refractivity contribution < 1.29 is 4.74 Å². The quantitative estimate of drug-likeness (QED) is 0.567. The molecule has 2 N–H and O–H groups in total. The molecule has 0 aromatic heterocycles. The number of nitrogens with two attached hydrogens (primary N) is 1. The van der Waals surface area contributed by atoms with Gasteiger partial charge in [0.05, 0.1) is 16.7 Å². The van der Waals surface area contributed by atoms with Gasteiger partial charge < -0.3 is 10.5 Å². The summed E-state index contributed by atoms with van der Waals surface area (Å²) in [6, 6.07) is 13.5. The molecule has 2 aromatic rings. The summed E-state index contributed by atoms with van der Waals surface area (Å²) in [4.78, 5) is 1.12. The van der Waals surface area contributed by atoms with Crippen LogP contribution in [0.2, 0.25) is 10.0 Å². The molecule has 112 valence electrons. The summed E-state index contributed by atoms with van der Waals surface area (Å²) in [7, 11) is 0. The summed E-state index contributed by atoms with van der Waals surface area (Å²) in [5, 5.41) is 1.18. The summed E-state index contributed by atoms with van der Waals surface area (Å²) in [6.45, 7) is 1.17. The zero-order valence-corrected chi connectivity index (χ0v) is 13.8. The highest BCUT2D eigenvalue weighted by molar-refractivity contribution is 7.99. The van der Waals surface area contributed by atoms with Crippen LogP contribution in [0, 0.1) is 0 Å². The molecule has 0 fully saturated rings. The molecule has 2 rings (SSSR count). The Morgan fingerprint density at radius 1 is 1.05 bits per heavy atom. The molecule has 0 aliphatic carbocycles. The van der Waals surface area contributed by atoms with Gasteiger partial charge in [-0.15, -0.1) is 11.8 Å². The number of benzene rings is 2. The third kappa shape index (κ3) is 5.11. The van der Waals surface area contributed by atoms with Gasteiger partial charge in [-0.3, -0.25) is 0 Å². The van der Waals surface area contributed by atoms with E-state index in [4.69, 9.17) is 33.7 Å². The summed E-state index contributed by atoms with van der Waals surface area (Å²) in [5.41, 5.74) is 6.71. The smallest absolute Gasteiger partial charge is 0.123 e. The first-order chi connectivity index (χ1) is 10.2. The van der Waals surface area contributed by atoms with Crippen molar-refractivity contribution in [3.63, 3.8) is 0 Å². The molecule has 0 radical (unpaired) electrons. The molecular weight excluding hydrogens is 325 g/mol. The van der Waals surface area contributed by atoms with Gasteiger partial charge >= 0.3 is 0 Å². The van der Waals surface area contributed by atoms with E-state index in [0.717, 1.165) is 28.4 Å². The van der Waals surface area contributed by atoms with E-state index in [1.54, 1.807) is 11.8 Å². The first-order valence-electron chi connectivity index (χ1n) is 6.69. The number of para-hydroxylation sites is 1. The summed E-state index contributed by atoms with van der Waals surface area (Å²) >= 11 is 13.6. The van der Waals surface area contributed by atoms with Crippen molar-refractivity contribution in [1.29, 1.82) is 0 Å². The predicted molar refractivity (Wildman–Crippen MR) is 91.6 cm³/mol. The number of rotatable bonds is 7. The van der Waals surface area contributed by atoms with Crippen LogP contribution in [0.4, 0.5) is 0 Å². The van der Waals surface area contributed by atoms with E-state index < -0.39 is 0 Å². The second-order valence-electron chi connectivity index (χ2n) is 4.44. The highest BCUT2D eigenvalue weighted by atomic mass is 35.5. The fourth-order valence-electron chi connectivity index (χ4n) is 1.81. The molecule has 21 heavy (non-hydrogen) atoms. The Morgan fingerprint density at radius 3 is 2.62 bits per heavy atom. The number of halogens is 2. The largest absolute Gasteiger partial charge is 0.493 e. The SMILES string of the molecule is NCc1ccccc1OCCCSc1ccc(Cl)c(Cl)c1. The molecule has 0 aliphatic heterocycles. The highest BCUT2D eigenvalue weighted by Gasteiger charge is 2.02. The Balaban J connectivity index is 1.73. The molecule has 0 saturated carbocycles. The predicted octanol–water partition coefficient (Wildman–Crippen LogP) is 5.01. The zero-order chi connectivity index (χ0) is 15.1. The van der Waals surface area contributed by atoms with Crippen molar-refractivity contribution in [1.82, 2.24) is 0 Å². The molecule has 0 aliphatic rings. The third-order valence-corrected chi connectivity index (χ3v) is 4.72. The molecule has 2 aromatic carbocycles. The maximum Gasteiger partial charge on any atom is 0.123 e. The van der Waals surface area contributed by atoms with Gasteiger partial charge in [-0.2, -0.15) is 0 Å². The van der Waals surface area contributed by atoms with E-state index in [9.17, 15) is 0 Å². The van der Waals surface area contributed by atoms with Gasteiger partial charge in [-0.1, -0.05) is 41.4 Å². The molecule has 5 heteroatoms. The number of hydrogen-bond acceptors (Lipinski definition) is 3. The van der Waals surface area contributed by atoms with Gasteiger partial charge in [0, 0.05) is 22.8 Å². The van der Waals surface area contributed by atoms with Gasteiger partial charge in [0.2, 0.25) is 0 Å². The lowest BCUT2D eigenvalue weighted by molar-refractivity contribution is 0.315. The first-order valence-corrected chi connectivity index (χ1v) is 8.43. The minimum absolute atomic E-state index is 0.494. The second kappa shape index (κ2) is 8.54. The maximum absolute atomic E-state index is 5.99. The van der Waals surface area contributed by atoms with Crippen molar-refractivity contribution in [2.45, 2.75) is 17.9 Å². The average Bonchev–Trinajstić information content (AvgIpc) is 2.51. The lowest BCUT2D eigenvalue weighted by Crippen LogP contribution is -2.04. The maximum atomic E-state index is 5.99. The highest BCUT2D eigenvalue weighted by Crippen LogP contribution is 2.28. The Morgan fingerprint density at radius 2 is 1.86 bits per heavy atom. The van der Waals surface area contributed by atoms with E-state index in [1.165, 1.54) is 0 Å². The van der Waals surface area contributed by atoms with Crippen LogP contribution in [0.3, 0.4) is 0 Å². The van der Waals surface area contributed by atoms with Crippen molar-refractivity contribution in [3.05, 3.63) is 58.1 Å². The molecule has 2 nitrogen and oxygen atoms in total. The monoisotopic (exact) mass is 341 g/mol. The fraction of sp³-hybridized carbons (Fsp3) is 0.250. The van der Waals surface area contributed by atoms with Gasteiger partial charge in [-0.25, -0.2) is 0 Å². The Hall–Kier alpha value is -0.870. The number of hydrogen-bond donors (Lipinski definition) is 1. The van der Waals surface area contributed by atoms with Crippen LogP contribution in [0.25, 0.3) is 0 Å². The zero-order valence-electron chi connectivity index (χ0n) is 11.5. The topological polar surface area (TPSA) is 35.2 Å². The summed E-state index contributed by atoms with van der Waals surface area (Å²) < 4.78 is 5.77. The second-order valence-corrected chi connectivity index (χ2v) is 6.42. The number of ether oxygens (including phenoxy) is 1. The number of thioether (sulfide) groups is 1. The van der Waals surface area contributed by atoms with Crippen LogP contribution in [0.15, 0.2) is 47.4 Å². The molecule has 0 heterocycles. The van der Waals surface area contributed by atoms with Gasteiger partial charge in [0.25, 0.3) is 0 Å². The minimum Gasteiger partial charge on any atom is -0.493 e. The van der Waals surface area contributed by atoms with Crippen LogP contribution in [0.1, 0.15) is 12.0 Å². The van der Waals surface area contributed by atoms with E-state index in [0.29, 0.717) is 23.2 Å². The molecule has 0 amide bonds. The van der Waals surface area contributed by atoms with Gasteiger partial charge in [0.1, 0.15) is 5.75 Å². The molecule has 0 spiro atoms. The molecule has 0 unspecified atom stereocenters. The average molecular weight is 342 g/mol. The molecule has 0 atom stereocenters. The Labute approximate surface area is 139 Å². The Kier molecular flexibility index (Phi) is 6.71. The van der Waals surface area contributed by atoms with E-state index >= 15 is 0 Å². The van der Waals surface area contributed by atoms with E-state index in [-0.39, 0.29) is 0 Å². The standard InChI is InChI=1S/C16H17Cl2NOS/c17-14-7-6-13(10-15(14)18)21-9-3-8-20-16-5-2-1-4-12(16)11-19/h1-2,4-7,10H,3,8-9,11,19H2. The van der Waals surface area contributed by atoms with Crippen LogP contribution >= 0.6 is 35.0 Å². The third-order valence-electron chi connectivity index (χ3n) is 2.90. The molecule has 0 bridgehead atoms. The normalized spacial score (nSPS) is 10.6. The first kappa shape index (κ1) is 16.5. The van der Waals surface area contributed by atoms with Crippen LogP contribution < -0.4 is 10.5 Å². The lowest BCUT2D eigenvalue weighted by atomic mass is 10.2. The van der Waals surface area contributed by atoms with Gasteiger partial charge in [0.15, 0.2) is 0 Å². The summed E-state index contributed by atoms with van der Waals surface area (Å²) in [5.74, 6) is 1.84. The van der Waals surface area contributed by atoms with Crippen LogP contribution in [0.5, 0.6) is 5.75 Å². The minimum atomic E-state index is 0.494. The van der Waals surface area contributed by atoms with Crippen molar-refractivity contribution in [3.8, 4) is 5.75 Å². The van der Waals surface area contributed by atoms with Crippen LogP contribution in [-0.4, -0.2) is 12.4 Å². The summed E-state index contributed by atoms with van der Waals surface area (Å²) in [6.07, 6.45) is 0.948. The van der Waals surface area contributed by atoms with Crippen molar-refractivity contribution in [2.24, 2.45) is 5.73 Å². The van der Waals surface area contributed by atoms with Crippen LogP contribution in [-0.2, 0) is 6.54 Å². The fourth-order valence-corrected chi connectivity index (χ4v) is 3.04.